The summed E-state index contributed by atoms with van der Waals surface area (Å²) in [4.78, 5) is 4.76. The van der Waals surface area contributed by atoms with Crippen LogP contribution in [0.2, 0.25) is 0 Å². The molecule has 330 valence electrons. The molecule has 0 heterocycles. The van der Waals surface area contributed by atoms with Gasteiger partial charge in [0, 0.05) is 33.5 Å². The molecule has 0 N–H and O–H groups in total. The van der Waals surface area contributed by atoms with Crippen molar-refractivity contribution in [1.29, 1.82) is 0 Å². The predicted octanol–water partition coefficient (Wildman–Crippen LogP) is 19.3. The molecule has 0 bridgehead atoms. The average molecular weight is 893 g/mol. The number of fused-ring (bicyclic) bond motifs is 2. The molecule has 12 rings (SSSR count). The Labute approximate surface area is 410 Å². The average Bonchev–Trinajstić information content (AvgIpc) is 3.45. The zero-order chi connectivity index (χ0) is 46.6. The van der Waals surface area contributed by atoms with Gasteiger partial charge in [0.05, 0.1) is 11.4 Å². The van der Waals surface area contributed by atoms with E-state index in [2.05, 4.69) is 301 Å². The van der Waals surface area contributed by atoms with Crippen LogP contribution in [0.1, 0.15) is 0 Å². The first kappa shape index (κ1) is 42.1. The van der Waals surface area contributed by atoms with Crippen LogP contribution >= 0.6 is 0 Å². The van der Waals surface area contributed by atoms with E-state index in [9.17, 15) is 0 Å². The second-order valence-electron chi connectivity index (χ2n) is 17.7. The summed E-state index contributed by atoms with van der Waals surface area (Å²) in [7, 11) is 0. The first-order chi connectivity index (χ1) is 34.7. The molecule has 0 unspecified atom stereocenters. The highest BCUT2D eigenvalue weighted by Crippen LogP contribution is 2.43. The molecule has 0 aromatic heterocycles. The Bertz CT molecular complexity index is 3430. The Morgan fingerprint density at radius 2 is 0.371 bits per heavy atom. The van der Waals surface area contributed by atoms with Crippen molar-refractivity contribution in [2.24, 2.45) is 0 Å². The topological polar surface area (TPSA) is 6.48 Å². The van der Waals surface area contributed by atoms with E-state index in [-0.39, 0.29) is 0 Å². The molecule has 0 spiro atoms. The number of hydrogen-bond donors (Lipinski definition) is 0. The van der Waals surface area contributed by atoms with Gasteiger partial charge in [-0.3, -0.25) is 0 Å². The van der Waals surface area contributed by atoms with Crippen molar-refractivity contribution in [1.82, 2.24) is 0 Å². The maximum absolute atomic E-state index is 2.38. The Morgan fingerprint density at radius 3 is 0.657 bits per heavy atom. The molecule has 0 aliphatic carbocycles. The van der Waals surface area contributed by atoms with Crippen LogP contribution in [-0.2, 0) is 0 Å². The monoisotopic (exact) mass is 892 g/mol. The van der Waals surface area contributed by atoms with E-state index >= 15 is 0 Å². The molecule has 0 saturated carbocycles. The number of nitrogens with zero attached hydrogens (tertiary/aromatic N) is 2. The van der Waals surface area contributed by atoms with Crippen LogP contribution in [0.25, 0.3) is 77.2 Å². The fraction of sp³-hybridized carbons (Fsp3) is 0. The molecular formula is C68H48N2. The highest BCUT2D eigenvalue weighted by molar-refractivity contribution is 6.00. The molecule has 2 nitrogen and oxygen atoms in total. The lowest BCUT2D eigenvalue weighted by Crippen LogP contribution is -2.10. The Morgan fingerprint density at radius 1 is 0.157 bits per heavy atom. The summed E-state index contributed by atoms with van der Waals surface area (Å²) in [5.41, 5.74) is 18.6. The molecule has 2 heteroatoms. The Kier molecular flexibility index (Phi) is 11.3. The first-order valence-corrected chi connectivity index (χ1v) is 24.0. The van der Waals surface area contributed by atoms with Gasteiger partial charge in [0.1, 0.15) is 0 Å². The molecule has 70 heavy (non-hydrogen) atoms. The maximum atomic E-state index is 2.38. The molecule has 0 fully saturated rings. The quantitative estimate of drug-likeness (QED) is 0.128. The summed E-state index contributed by atoms with van der Waals surface area (Å²) < 4.78 is 0. The fourth-order valence-electron chi connectivity index (χ4n) is 9.84. The van der Waals surface area contributed by atoms with Gasteiger partial charge in [-0.05, 0) is 127 Å². The van der Waals surface area contributed by atoms with E-state index in [0.29, 0.717) is 0 Å². The smallest absolute Gasteiger partial charge is 0.0540 e. The number of anilines is 6. The molecule has 0 aliphatic rings. The minimum atomic E-state index is 1.09. The van der Waals surface area contributed by atoms with E-state index in [1.165, 1.54) is 66.1 Å². The van der Waals surface area contributed by atoms with Gasteiger partial charge in [-0.1, -0.05) is 231 Å². The van der Waals surface area contributed by atoms with Gasteiger partial charge in [-0.2, -0.15) is 0 Å². The van der Waals surface area contributed by atoms with E-state index in [4.69, 9.17) is 0 Å². The maximum Gasteiger partial charge on any atom is 0.0540 e. The molecule has 0 atom stereocenters. The number of benzene rings is 12. The van der Waals surface area contributed by atoms with Crippen molar-refractivity contribution in [3.8, 4) is 55.6 Å². The van der Waals surface area contributed by atoms with Crippen LogP contribution in [0.5, 0.6) is 0 Å². The molecule has 0 radical (unpaired) electrons. The van der Waals surface area contributed by atoms with Crippen molar-refractivity contribution in [2.75, 3.05) is 9.80 Å². The minimum absolute atomic E-state index is 1.09. The number of hydrogen-bond acceptors (Lipinski definition) is 2. The summed E-state index contributed by atoms with van der Waals surface area (Å²) in [5.74, 6) is 0. The lowest BCUT2D eigenvalue weighted by Gasteiger charge is -2.28. The third-order valence-corrected chi connectivity index (χ3v) is 13.5. The van der Waals surface area contributed by atoms with Crippen molar-refractivity contribution in [3.05, 3.63) is 291 Å². The van der Waals surface area contributed by atoms with E-state index in [0.717, 1.165) is 45.3 Å². The molecular weight excluding hydrogens is 845 g/mol. The van der Waals surface area contributed by atoms with E-state index in [1.807, 2.05) is 0 Å². The molecule has 12 aromatic rings. The van der Waals surface area contributed by atoms with Gasteiger partial charge < -0.3 is 9.80 Å². The molecule has 0 saturated heterocycles. The molecule has 0 aliphatic heterocycles. The predicted molar refractivity (Wildman–Crippen MR) is 298 cm³/mol. The van der Waals surface area contributed by atoms with Crippen molar-refractivity contribution in [3.63, 3.8) is 0 Å². The Hall–Kier alpha value is -9.24. The second-order valence-corrected chi connectivity index (χ2v) is 17.7. The van der Waals surface area contributed by atoms with Crippen molar-refractivity contribution >= 4 is 55.7 Å². The number of rotatable bonds is 11. The lowest BCUT2D eigenvalue weighted by molar-refractivity contribution is 1.29. The fourth-order valence-corrected chi connectivity index (χ4v) is 9.84. The third-order valence-electron chi connectivity index (χ3n) is 13.5. The van der Waals surface area contributed by atoms with Crippen LogP contribution in [0, 0.1) is 0 Å². The van der Waals surface area contributed by atoms with E-state index < -0.39 is 0 Å². The summed E-state index contributed by atoms with van der Waals surface area (Å²) in [6, 6.07) is 105. The van der Waals surface area contributed by atoms with E-state index in [1.54, 1.807) is 0 Å². The largest absolute Gasteiger partial charge is 0.310 e. The molecule has 0 amide bonds. The van der Waals surface area contributed by atoms with Crippen LogP contribution < -0.4 is 9.80 Å². The zero-order valence-electron chi connectivity index (χ0n) is 38.6. The van der Waals surface area contributed by atoms with Crippen LogP contribution in [0.3, 0.4) is 0 Å². The van der Waals surface area contributed by atoms with Gasteiger partial charge in [0.2, 0.25) is 0 Å². The Balaban J connectivity index is 0.853. The van der Waals surface area contributed by atoms with Gasteiger partial charge in [0.25, 0.3) is 0 Å². The van der Waals surface area contributed by atoms with Crippen LogP contribution in [0.4, 0.5) is 34.1 Å². The minimum Gasteiger partial charge on any atom is -0.310 e. The highest BCUT2D eigenvalue weighted by atomic mass is 15.1. The normalized spacial score (nSPS) is 11.1. The second kappa shape index (κ2) is 18.8. The summed E-state index contributed by atoms with van der Waals surface area (Å²) in [6.45, 7) is 0. The highest BCUT2D eigenvalue weighted by Gasteiger charge is 2.18. The van der Waals surface area contributed by atoms with Gasteiger partial charge in [0.15, 0.2) is 0 Å². The SMILES string of the molecule is c1ccc(-c2ccc(-c3ccc(N(c4ccc(-c5ccc(N(c6ccc(-c7ccc(-c8ccccc8)cc7)cc6)c6cccc7ccccc67)cc5)cc4)c4cccc5ccccc45)cc3)cc2)cc1. The lowest BCUT2D eigenvalue weighted by atomic mass is 9.99. The van der Waals surface area contributed by atoms with Gasteiger partial charge in [-0.25, -0.2) is 0 Å². The van der Waals surface area contributed by atoms with Crippen LogP contribution in [-0.4, -0.2) is 0 Å². The van der Waals surface area contributed by atoms with Gasteiger partial charge in [-0.15, -0.1) is 0 Å². The third kappa shape index (κ3) is 8.40. The zero-order valence-corrected chi connectivity index (χ0v) is 38.6. The standard InChI is InChI=1S/C68H48N2/c1-3-13-49(14-4-1)51-25-29-53(30-26-51)55-33-41-61(42-34-55)69(67-23-11-19-59-17-7-9-21-65(59)67)63-45-37-57(38-46-63)58-39-47-64(48-40-58)70(68-24-12-20-60-18-8-10-22-66(60)68)62-43-35-56(36-44-62)54-31-27-52(28-32-54)50-15-5-2-6-16-50/h1-48H. The summed E-state index contributed by atoms with van der Waals surface area (Å²) in [6.07, 6.45) is 0. The van der Waals surface area contributed by atoms with Crippen molar-refractivity contribution in [2.45, 2.75) is 0 Å². The van der Waals surface area contributed by atoms with Crippen molar-refractivity contribution < 1.29 is 0 Å². The summed E-state index contributed by atoms with van der Waals surface area (Å²) in [5, 5.41) is 4.82. The molecule has 12 aromatic carbocycles. The van der Waals surface area contributed by atoms with Gasteiger partial charge >= 0.3 is 0 Å². The first-order valence-electron chi connectivity index (χ1n) is 24.0. The summed E-state index contributed by atoms with van der Waals surface area (Å²) >= 11 is 0. The van der Waals surface area contributed by atoms with Crippen LogP contribution in [0.15, 0.2) is 291 Å².